The normalized spacial score (nSPS) is 11.7. The molecule has 5 nitrogen and oxygen atoms in total. The van der Waals surface area contributed by atoms with Crippen LogP contribution in [-0.2, 0) is 19.0 Å². The third-order valence-electron chi connectivity index (χ3n) is 4.84. The zero-order valence-electron chi connectivity index (χ0n) is 21.9. The molecule has 0 aliphatic carbocycles. The standard InChI is InChI=1S/C21H24O2.C9H16O3/c1-4-21(2,3)23-20(16-18-8-6-5-7-9-18)15-12-17-10-13-19(22)14-11-17;1-7(2)5-12-9(10)8(3)6-11-4/h5-16,22H,4H2,1-3H3;7H,3,5-6H2,1-2,4H3. The molecule has 0 spiro atoms. The molecule has 0 atom stereocenters. The number of aromatic hydroxyl groups is 1. The van der Waals surface area contributed by atoms with Crippen molar-refractivity contribution in [1.29, 1.82) is 0 Å². The van der Waals surface area contributed by atoms with Gasteiger partial charge in [-0.3, -0.25) is 0 Å². The number of phenolic OH excluding ortho intramolecular Hbond substituents is 1. The highest BCUT2D eigenvalue weighted by Gasteiger charge is 2.17. The molecule has 2 aromatic carbocycles. The lowest BCUT2D eigenvalue weighted by Gasteiger charge is -2.25. The van der Waals surface area contributed by atoms with Crippen molar-refractivity contribution in [1.82, 2.24) is 0 Å². The Bertz CT molecular complexity index is 954. The minimum absolute atomic E-state index is 0.222. The molecule has 0 aliphatic rings. The van der Waals surface area contributed by atoms with Crippen molar-refractivity contribution in [2.45, 2.75) is 46.6 Å². The largest absolute Gasteiger partial charge is 0.508 e. The second kappa shape index (κ2) is 15.6. The maximum absolute atomic E-state index is 11.0. The number of phenols is 1. The van der Waals surface area contributed by atoms with Gasteiger partial charge in [0.25, 0.3) is 0 Å². The van der Waals surface area contributed by atoms with Crippen LogP contribution in [0.1, 0.15) is 52.2 Å². The van der Waals surface area contributed by atoms with Gasteiger partial charge in [0, 0.05) is 7.11 Å². The Hall–Kier alpha value is -3.31. The van der Waals surface area contributed by atoms with Crippen LogP contribution in [0.3, 0.4) is 0 Å². The molecule has 1 N–H and O–H groups in total. The first-order valence-electron chi connectivity index (χ1n) is 11.8. The minimum Gasteiger partial charge on any atom is -0.508 e. The Kier molecular flexibility index (Phi) is 13.2. The van der Waals surface area contributed by atoms with Crippen molar-refractivity contribution in [2.75, 3.05) is 20.3 Å². The highest BCUT2D eigenvalue weighted by Crippen LogP contribution is 2.22. The third-order valence-corrected chi connectivity index (χ3v) is 4.84. The number of allylic oxidation sites excluding steroid dienone is 1. The SMILES string of the molecule is C=C(COC)C(=O)OCC(C)C.CCC(C)(C)OC(C=Cc1ccc(O)cc1)=Cc1ccccc1. The van der Waals surface area contributed by atoms with Crippen LogP contribution < -0.4 is 0 Å². The van der Waals surface area contributed by atoms with Crippen LogP contribution in [0.2, 0.25) is 0 Å². The van der Waals surface area contributed by atoms with E-state index in [-0.39, 0.29) is 23.9 Å². The number of carbonyl (C=O) groups excluding carboxylic acids is 1. The molecule has 0 radical (unpaired) electrons. The van der Waals surface area contributed by atoms with Gasteiger partial charge >= 0.3 is 5.97 Å². The maximum Gasteiger partial charge on any atom is 0.335 e. The fourth-order valence-electron chi connectivity index (χ4n) is 2.56. The van der Waals surface area contributed by atoms with Gasteiger partial charge in [-0.15, -0.1) is 0 Å². The van der Waals surface area contributed by atoms with E-state index < -0.39 is 0 Å². The van der Waals surface area contributed by atoms with E-state index in [1.807, 2.05) is 62.4 Å². The molecule has 0 aromatic heterocycles. The maximum atomic E-state index is 11.0. The van der Waals surface area contributed by atoms with Crippen LogP contribution in [0.4, 0.5) is 0 Å². The summed E-state index contributed by atoms with van der Waals surface area (Å²) in [5.74, 6) is 1.07. The number of benzene rings is 2. The summed E-state index contributed by atoms with van der Waals surface area (Å²) >= 11 is 0. The van der Waals surface area contributed by atoms with Gasteiger partial charge in [-0.2, -0.15) is 0 Å². The van der Waals surface area contributed by atoms with E-state index in [4.69, 9.17) is 14.2 Å². The molecule has 2 rings (SSSR count). The average Bonchev–Trinajstić information content (AvgIpc) is 2.83. The van der Waals surface area contributed by atoms with E-state index in [0.29, 0.717) is 18.1 Å². The molecule has 0 fully saturated rings. The molecule has 0 bridgehead atoms. The minimum atomic E-state index is -0.370. The topological polar surface area (TPSA) is 65.0 Å². The van der Waals surface area contributed by atoms with E-state index in [9.17, 15) is 9.90 Å². The van der Waals surface area contributed by atoms with Crippen LogP contribution in [-0.4, -0.2) is 37.0 Å². The van der Waals surface area contributed by atoms with Crippen molar-refractivity contribution in [3.8, 4) is 5.75 Å². The zero-order valence-corrected chi connectivity index (χ0v) is 21.9. The molecule has 0 saturated carbocycles. The number of hydrogen-bond donors (Lipinski definition) is 1. The predicted octanol–water partition coefficient (Wildman–Crippen LogP) is 7.04. The Morgan fingerprint density at radius 2 is 1.69 bits per heavy atom. The molecule has 0 unspecified atom stereocenters. The Labute approximate surface area is 210 Å². The first kappa shape index (κ1) is 29.7. The fraction of sp³-hybridized carbons (Fsp3) is 0.367. The van der Waals surface area contributed by atoms with Crippen LogP contribution in [0.25, 0.3) is 12.2 Å². The Morgan fingerprint density at radius 3 is 2.23 bits per heavy atom. The summed E-state index contributed by atoms with van der Waals surface area (Å²) in [7, 11) is 1.51. The quantitative estimate of drug-likeness (QED) is 0.162. The number of methoxy groups -OCH3 is 1. The predicted molar refractivity (Wildman–Crippen MR) is 144 cm³/mol. The van der Waals surface area contributed by atoms with Gasteiger partial charge < -0.3 is 19.3 Å². The lowest BCUT2D eigenvalue weighted by Crippen LogP contribution is -2.22. The highest BCUT2D eigenvalue weighted by atomic mass is 16.5. The molecule has 0 amide bonds. The van der Waals surface area contributed by atoms with E-state index in [1.165, 1.54) is 7.11 Å². The molecule has 190 valence electrons. The van der Waals surface area contributed by atoms with Crippen LogP contribution in [0.5, 0.6) is 5.75 Å². The number of carbonyl (C=O) groups is 1. The molecule has 35 heavy (non-hydrogen) atoms. The van der Waals surface area contributed by atoms with E-state index in [1.54, 1.807) is 12.1 Å². The van der Waals surface area contributed by atoms with Crippen LogP contribution >= 0.6 is 0 Å². The van der Waals surface area contributed by atoms with Crippen molar-refractivity contribution >= 4 is 18.1 Å². The fourth-order valence-corrected chi connectivity index (χ4v) is 2.56. The monoisotopic (exact) mass is 480 g/mol. The van der Waals surface area contributed by atoms with Crippen molar-refractivity contribution in [2.24, 2.45) is 5.92 Å². The van der Waals surface area contributed by atoms with Gasteiger partial charge in [-0.05, 0) is 61.6 Å². The van der Waals surface area contributed by atoms with Gasteiger partial charge in [0.1, 0.15) is 17.1 Å². The van der Waals surface area contributed by atoms with E-state index in [0.717, 1.165) is 23.3 Å². The number of rotatable bonds is 11. The lowest BCUT2D eigenvalue weighted by atomic mass is 10.1. The Balaban J connectivity index is 0.000000434. The second-order valence-corrected chi connectivity index (χ2v) is 9.13. The van der Waals surface area contributed by atoms with Gasteiger partial charge in [0.05, 0.1) is 18.8 Å². The summed E-state index contributed by atoms with van der Waals surface area (Å²) in [6, 6.07) is 17.2. The van der Waals surface area contributed by atoms with Gasteiger partial charge in [0.15, 0.2) is 0 Å². The third kappa shape index (κ3) is 13.2. The zero-order chi connectivity index (χ0) is 26.3. The molecular formula is C30H40O5. The van der Waals surface area contributed by atoms with E-state index in [2.05, 4.69) is 39.5 Å². The first-order valence-corrected chi connectivity index (χ1v) is 11.8. The van der Waals surface area contributed by atoms with Crippen LogP contribution in [0, 0.1) is 5.92 Å². The summed E-state index contributed by atoms with van der Waals surface area (Å²) in [5.41, 5.74) is 2.25. The Morgan fingerprint density at radius 1 is 1.06 bits per heavy atom. The number of esters is 1. The molecule has 2 aromatic rings. The van der Waals surface area contributed by atoms with E-state index >= 15 is 0 Å². The van der Waals surface area contributed by atoms with Crippen molar-refractivity contribution in [3.05, 3.63) is 89.7 Å². The second-order valence-electron chi connectivity index (χ2n) is 9.13. The van der Waals surface area contributed by atoms with Crippen LogP contribution in [0.15, 0.2) is 78.6 Å². The van der Waals surface area contributed by atoms with Gasteiger partial charge in [-0.25, -0.2) is 4.79 Å². The van der Waals surface area contributed by atoms with Crippen molar-refractivity contribution < 1.29 is 24.1 Å². The molecule has 0 heterocycles. The lowest BCUT2D eigenvalue weighted by molar-refractivity contribution is -0.140. The summed E-state index contributed by atoms with van der Waals surface area (Å²) in [6.07, 6.45) is 6.91. The smallest absolute Gasteiger partial charge is 0.335 e. The summed E-state index contributed by atoms with van der Waals surface area (Å²) < 4.78 is 15.8. The molecule has 5 heteroatoms. The summed E-state index contributed by atoms with van der Waals surface area (Å²) in [5, 5.41) is 9.35. The average molecular weight is 481 g/mol. The summed E-state index contributed by atoms with van der Waals surface area (Å²) in [4.78, 5) is 11.0. The van der Waals surface area contributed by atoms with Gasteiger partial charge in [0.2, 0.25) is 0 Å². The molecular weight excluding hydrogens is 440 g/mol. The number of ether oxygens (including phenoxy) is 3. The first-order chi connectivity index (χ1) is 16.6. The van der Waals surface area contributed by atoms with Gasteiger partial charge in [-0.1, -0.05) is 75.9 Å². The highest BCUT2D eigenvalue weighted by molar-refractivity contribution is 5.87. The molecule has 0 aliphatic heterocycles. The molecule has 0 saturated heterocycles. The van der Waals surface area contributed by atoms with Crippen molar-refractivity contribution in [3.63, 3.8) is 0 Å². The summed E-state index contributed by atoms with van der Waals surface area (Å²) in [6.45, 7) is 14.4. The number of hydrogen-bond acceptors (Lipinski definition) is 5.